The van der Waals surface area contributed by atoms with E-state index in [1.807, 2.05) is 16.8 Å². The van der Waals surface area contributed by atoms with Crippen LogP contribution in [-0.2, 0) is 9.59 Å². The molecule has 1 saturated carbocycles. The molecule has 0 aromatic carbocycles. The molecule has 2 amide bonds. The lowest BCUT2D eigenvalue weighted by Gasteiger charge is -2.35. The van der Waals surface area contributed by atoms with E-state index in [0.717, 1.165) is 18.9 Å². The van der Waals surface area contributed by atoms with E-state index < -0.39 is 0 Å². The Morgan fingerprint density at radius 1 is 0.952 bits per heavy atom. The normalized spacial score (nSPS) is 20.0. The van der Waals surface area contributed by atoms with E-state index in [1.165, 1.54) is 25.7 Å². The Labute approximate surface area is 128 Å². The molecular weight excluding hydrogens is 266 g/mol. The molecule has 21 heavy (non-hydrogen) atoms. The molecule has 1 aliphatic heterocycles. The van der Waals surface area contributed by atoms with Gasteiger partial charge < -0.3 is 15.1 Å². The smallest absolute Gasteiger partial charge is 0.223 e. The summed E-state index contributed by atoms with van der Waals surface area (Å²) in [6.07, 6.45) is 7.59. The lowest BCUT2D eigenvalue weighted by Crippen LogP contribution is -2.50. The largest absolute Gasteiger partial charge is 0.339 e. The van der Waals surface area contributed by atoms with Crippen molar-refractivity contribution >= 4 is 11.8 Å². The average molecular weight is 295 g/mol. The predicted octanol–water partition coefficient (Wildman–Crippen LogP) is 1.24. The lowest BCUT2D eigenvalue weighted by molar-refractivity contribution is -0.139. The summed E-state index contributed by atoms with van der Waals surface area (Å²) in [5, 5.41) is 3.00. The number of nitrogens with one attached hydrogen (secondary N) is 1. The summed E-state index contributed by atoms with van der Waals surface area (Å²) in [6.45, 7) is 3.51. The van der Waals surface area contributed by atoms with Crippen molar-refractivity contribution in [2.75, 3.05) is 39.8 Å². The van der Waals surface area contributed by atoms with E-state index in [0.29, 0.717) is 39.0 Å². The Hall–Kier alpha value is -1.10. The van der Waals surface area contributed by atoms with E-state index in [2.05, 4.69) is 5.32 Å². The summed E-state index contributed by atoms with van der Waals surface area (Å²) in [5.74, 6) is 1.25. The number of piperazine rings is 1. The Bertz CT molecular complexity index is 345. The topological polar surface area (TPSA) is 52.7 Å². The molecule has 1 heterocycles. The molecule has 5 heteroatoms. The van der Waals surface area contributed by atoms with Gasteiger partial charge in [0.2, 0.25) is 11.8 Å². The number of rotatable bonds is 6. The summed E-state index contributed by atoms with van der Waals surface area (Å²) in [7, 11) is 1.86. The van der Waals surface area contributed by atoms with Crippen LogP contribution in [0.15, 0.2) is 0 Å². The minimum atomic E-state index is 0.197. The Kier molecular flexibility index (Phi) is 6.49. The quantitative estimate of drug-likeness (QED) is 0.802. The fourth-order valence-corrected chi connectivity index (χ4v) is 3.38. The van der Waals surface area contributed by atoms with Gasteiger partial charge in [-0.3, -0.25) is 9.59 Å². The molecule has 0 bridgehead atoms. The molecule has 2 aliphatic rings. The molecule has 2 fully saturated rings. The van der Waals surface area contributed by atoms with Gasteiger partial charge in [-0.25, -0.2) is 0 Å². The van der Waals surface area contributed by atoms with Gasteiger partial charge in [-0.15, -0.1) is 0 Å². The zero-order chi connectivity index (χ0) is 15.1. The van der Waals surface area contributed by atoms with Gasteiger partial charge >= 0.3 is 0 Å². The Balaban J connectivity index is 1.65. The van der Waals surface area contributed by atoms with Crippen molar-refractivity contribution in [3.8, 4) is 0 Å². The van der Waals surface area contributed by atoms with Crippen LogP contribution in [0, 0.1) is 5.92 Å². The highest BCUT2D eigenvalue weighted by molar-refractivity contribution is 5.78. The van der Waals surface area contributed by atoms with Gasteiger partial charge in [-0.1, -0.05) is 25.7 Å². The number of amides is 2. The highest BCUT2D eigenvalue weighted by Crippen LogP contribution is 2.28. The Morgan fingerprint density at radius 2 is 1.48 bits per heavy atom. The van der Waals surface area contributed by atoms with Crippen molar-refractivity contribution in [1.29, 1.82) is 0 Å². The third kappa shape index (κ3) is 4.99. The van der Waals surface area contributed by atoms with Crippen molar-refractivity contribution in [3.63, 3.8) is 0 Å². The SMILES string of the molecule is CNCCC(=O)N1CCN(C(=O)CCC2CCCC2)CC1. The second-order valence-corrected chi connectivity index (χ2v) is 6.30. The van der Waals surface area contributed by atoms with Gasteiger partial charge in [0.1, 0.15) is 0 Å². The molecule has 5 nitrogen and oxygen atoms in total. The summed E-state index contributed by atoms with van der Waals surface area (Å²) in [6, 6.07) is 0. The summed E-state index contributed by atoms with van der Waals surface area (Å²) < 4.78 is 0. The summed E-state index contributed by atoms with van der Waals surface area (Å²) >= 11 is 0. The van der Waals surface area contributed by atoms with Crippen LogP contribution in [-0.4, -0.2) is 61.4 Å². The molecule has 0 unspecified atom stereocenters. The highest BCUT2D eigenvalue weighted by atomic mass is 16.2. The fraction of sp³-hybridized carbons (Fsp3) is 0.875. The van der Waals surface area contributed by atoms with Crippen molar-refractivity contribution in [3.05, 3.63) is 0 Å². The number of hydrogen-bond acceptors (Lipinski definition) is 3. The minimum absolute atomic E-state index is 0.197. The van der Waals surface area contributed by atoms with E-state index in [4.69, 9.17) is 0 Å². The van der Waals surface area contributed by atoms with Crippen molar-refractivity contribution < 1.29 is 9.59 Å². The van der Waals surface area contributed by atoms with Crippen molar-refractivity contribution in [1.82, 2.24) is 15.1 Å². The first kappa shape index (κ1) is 16.3. The number of carbonyl (C=O) groups is 2. The van der Waals surface area contributed by atoms with Crippen LogP contribution in [0.4, 0.5) is 0 Å². The first-order valence-corrected chi connectivity index (χ1v) is 8.41. The molecule has 1 aliphatic carbocycles. The molecule has 2 rings (SSSR count). The molecular formula is C16H29N3O2. The van der Waals surface area contributed by atoms with Gasteiger partial charge in [0.05, 0.1) is 0 Å². The number of carbonyl (C=O) groups excluding carboxylic acids is 2. The van der Waals surface area contributed by atoms with Crippen LogP contribution in [0.5, 0.6) is 0 Å². The standard InChI is InChI=1S/C16H29N3O2/c1-17-9-8-16(21)19-12-10-18(11-13-19)15(20)7-6-14-4-2-3-5-14/h14,17H,2-13H2,1H3. The molecule has 0 aromatic heterocycles. The third-order valence-electron chi connectivity index (χ3n) is 4.82. The van der Waals surface area contributed by atoms with Crippen LogP contribution in [0.1, 0.15) is 44.9 Å². The predicted molar refractivity (Wildman–Crippen MR) is 82.9 cm³/mol. The number of hydrogen-bond donors (Lipinski definition) is 1. The van der Waals surface area contributed by atoms with E-state index in [-0.39, 0.29) is 11.8 Å². The number of nitrogens with zero attached hydrogens (tertiary/aromatic N) is 2. The van der Waals surface area contributed by atoms with Crippen LogP contribution >= 0.6 is 0 Å². The molecule has 1 N–H and O–H groups in total. The zero-order valence-corrected chi connectivity index (χ0v) is 13.3. The molecule has 0 atom stereocenters. The highest BCUT2D eigenvalue weighted by Gasteiger charge is 2.24. The van der Waals surface area contributed by atoms with Gasteiger partial charge in [0.15, 0.2) is 0 Å². The van der Waals surface area contributed by atoms with Crippen LogP contribution in [0.2, 0.25) is 0 Å². The van der Waals surface area contributed by atoms with Crippen LogP contribution < -0.4 is 5.32 Å². The van der Waals surface area contributed by atoms with Gasteiger partial charge in [-0.2, -0.15) is 0 Å². The van der Waals surface area contributed by atoms with E-state index in [9.17, 15) is 9.59 Å². The maximum Gasteiger partial charge on any atom is 0.223 e. The molecule has 0 radical (unpaired) electrons. The zero-order valence-electron chi connectivity index (χ0n) is 13.3. The van der Waals surface area contributed by atoms with Crippen molar-refractivity contribution in [2.24, 2.45) is 5.92 Å². The Morgan fingerprint density at radius 3 is 2.00 bits per heavy atom. The fourth-order valence-electron chi connectivity index (χ4n) is 3.38. The van der Waals surface area contributed by atoms with Crippen LogP contribution in [0.25, 0.3) is 0 Å². The minimum Gasteiger partial charge on any atom is -0.339 e. The van der Waals surface area contributed by atoms with Crippen LogP contribution in [0.3, 0.4) is 0 Å². The lowest BCUT2D eigenvalue weighted by atomic mass is 10.0. The second kappa shape index (κ2) is 8.37. The summed E-state index contributed by atoms with van der Waals surface area (Å²) in [4.78, 5) is 28.0. The van der Waals surface area contributed by atoms with Crippen molar-refractivity contribution in [2.45, 2.75) is 44.9 Å². The van der Waals surface area contributed by atoms with Gasteiger partial charge in [0.25, 0.3) is 0 Å². The third-order valence-corrected chi connectivity index (χ3v) is 4.82. The summed E-state index contributed by atoms with van der Waals surface area (Å²) in [5.41, 5.74) is 0. The molecule has 0 spiro atoms. The van der Waals surface area contributed by atoms with Gasteiger partial charge in [0, 0.05) is 45.6 Å². The molecule has 1 saturated heterocycles. The van der Waals surface area contributed by atoms with Gasteiger partial charge in [-0.05, 0) is 19.4 Å². The second-order valence-electron chi connectivity index (χ2n) is 6.30. The molecule has 0 aromatic rings. The average Bonchev–Trinajstić information content (AvgIpc) is 3.04. The van der Waals surface area contributed by atoms with E-state index in [1.54, 1.807) is 0 Å². The maximum atomic E-state index is 12.2. The first-order valence-electron chi connectivity index (χ1n) is 8.41. The van der Waals surface area contributed by atoms with E-state index >= 15 is 0 Å². The monoisotopic (exact) mass is 295 g/mol. The first-order chi connectivity index (χ1) is 10.2. The molecule has 120 valence electrons. The maximum absolute atomic E-state index is 12.2.